The van der Waals surface area contributed by atoms with Crippen molar-refractivity contribution in [3.8, 4) is 0 Å². The molecule has 0 heterocycles. The first kappa shape index (κ1) is 10.4. The first-order valence-electron chi connectivity index (χ1n) is 3.99. The number of benzene rings is 1. The Balaban J connectivity index is 3.27. The zero-order valence-electron chi connectivity index (χ0n) is 7.58. The van der Waals surface area contributed by atoms with E-state index in [-0.39, 0.29) is 22.5 Å². The Kier molecular flexibility index (Phi) is 2.96. The molecule has 0 saturated carbocycles. The van der Waals surface area contributed by atoms with Crippen molar-refractivity contribution in [1.82, 2.24) is 0 Å². The van der Waals surface area contributed by atoms with Gasteiger partial charge in [-0.05, 0) is 24.6 Å². The fourth-order valence-corrected chi connectivity index (χ4v) is 1.15. The van der Waals surface area contributed by atoms with Crippen LogP contribution in [0.1, 0.15) is 33.2 Å². The van der Waals surface area contributed by atoms with Gasteiger partial charge in [0.1, 0.15) is 6.67 Å². The zero-order valence-corrected chi connectivity index (χ0v) is 7.58. The number of aromatic carboxylic acids is 1. The van der Waals surface area contributed by atoms with Crippen molar-refractivity contribution in [1.29, 1.82) is 0 Å². The SMILES string of the molecule is CC(=O)c1cc(C(=O)O)ccc1CF. The second-order valence-electron chi connectivity index (χ2n) is 2.87. The van der Waals surface area contributed by atoms with Crippen LogP contribution in [0.15, 0.2) is 18.2 Å². The summed E-state index contributed by atoms with van der Waals surface area (Å²) < 4.78 is 12.4. The van der Waals surface area contributed by atoms with Gasteiger partial charge >= 0.3 is 5.97 Å². The molecule has 74 valence electrons. The topological polar surface area (TPSA) is 54.4 Å². The minimum atomic E-state index is -1.13. The third-order valence-corrected chi connectivity index (χ3v) is 1.88. The Morgan fingerprint density at radius 1 is 1.43 bits per heavy atom. The highest BCUT2D eigenvalue weighted by Gasteiger charge is 2.11. The van der Waals surface area contributed by atoms with Crippen LogP contribution in [-0.2, 0) is 6.67 Å². The summed E-state index contributed by atoms with van der Waals surface area (Å²) in [4.78, 5) is 21.6. The Labute approximate surface area is 80.2 Å². The lowest BCUT2D eigenvalue weighted by atomic mass is 10.0. The summed E-state index contributed by atoms with van der Waals surface area (Å²) in [5.41, 5.74) is 0.349. The van der Waals surface area contributed by atoms with Gasteiger partial charge in [-0.2, -0.15) is 0 Å². The highest BCUT2D eigenvalue weighted by atomic mass is 19.1. The number of rotatable bonds is 3. The maximum absolute atomic E-state index is 12.4. The van der Waals surface area contributed by atoms with Crippen molar-refractivity contribution in [2.75, 3.05) is 0 Å². The van der Waals surface area contributed by atoms with Gasteiger partial charge in [0.2, 0.25) is 0 Å². The summed E-state index contributed by atoms with van der Waals surface area (Å²) in [6.45, 7) is 0.509. The summed E-state index contributed by atoms with van der Waals surface area (Å²) in [5.74, 6) is -1.46. The Bertz CT molecular complexity index is 385. The van der Waals surface area contributed by atoms with Gasteiger partial charge < -0.3 is 5.11 Å². The molecule has 0 aliphatic rings. The molecule has 1 N–H and O–H groups in total. The lowest BCUT2D eigenvalue weighted by molar-refractivity contribution is 0.0697. The van der Waals surface area contributed by atoms with Gasteiger partial charge in [0.25, 0.3) is 0 Å². The Morgan fingerprint density at radius 3 is 2.50 bits per heavy atom. The van der Waals surface area contributed by atoms with E-state index in [2.05, 4.69) is 0 Å². The predicted molar refractivity (Wildman–Crippen MR) is 48.2 cm³/mol. The number of alkyl halides is 1. The molecule has 4 heteroatoms. The van der Waals surface area contributed by atoms with Gasteiger partial charge in [-0.25, -0.2) is 9.18 Å². The van der Waals surface area contributed by atoms with Crippen LogP contribution in [0.25, 0.3) is 0 Å². The molecule has 0 unspecified atom stereocenters. The van der Waals surface area contributed by atoms with Gasteiger partial charge in [-0.15, -0.1) is 0 Å². The number of halogens is 1. The van der Waals surface area contributed by atoms with Gasteiger partial charge in [0, 0.05) is 5.56 Å². The standard InChI is InChI=1S/C10H9FO3/c1-6(12)9-4-7(10(13)14)2-3-8(9)5-11/h2-4H,5H2,1H3,(H,13,14). The summed E-state index contributed by atoms with van der Waals surface area (Å²) in [7, 11) is 0. The van der Waals surface area contributed by atoms with Crippen molar-refractivity contribution < 1.29 is 19.1 Å². The van der Waals surface area contributed by atoms with Crippen molar-refractivity contribution >= 4 is 11.8 Å². The molecule has 3 nitrogen and oxygen atoms in total. The van der Waals surface area contributed by atoms with Crippen molar-refractivity contribution in [3.05, 3.63) is 34.9 Å². The van der Waals surface area contributed by atoms with E-state index in [1.54, 1.807) is 0 Å². The quantitative estimate of drug-likeness (QED) is 0.753. The first-order valence-corrected chi connectivity index (χ1v) is 3.99. The van der Waals surface area contributed by atoms with Gasteiger partial charge in [-0.1, -0.05) is 6.07 Å². The molecule has 0 fully saturated rings. The van der Waals surface area contributed by atoms with Gasteiger partial charge in [0.15, 0.2) is 5.78 Å². The van der Waals surface area contributed by atoms with Crippen LogP contribution in [0.4, 0.5) is 4.39 Å². The van der Waals surface area contributed by atoms with E-state index >= 15 is 0 Å². The molecule has 14 heavy (non-hydrogen) atoms. The number of carbonyl (C=O) groups is 2. The van der Waals surface area contributed by atoms with Gasteiger partial charge in [0.05, 0.1) is 5.56 Å². The molecule has 0 aliphatic carbocycles. The molecule has 1 aromatic carbocycles. The molecule has 0 aliphatic heterocycles. The number of Topliss-reactive ketones (excluding diaryl/α,β-unsaturated/α-hetero) is 1. The number of ketones is 1. The summed E-state index contributed by atoms with van der Waals surface area (Å²) in [6, 6.07) is 3.80. The first-order chi connectivity index (χ1) is 6.56. The van der Waals surface area contributed by atoms with E-state index in [9.17, 15) is 14.0 Å². The molecule has 0 radical (unpaired) electrons. The minimum Gasteiger partial charge on any atom is -0.478 e. The highest BCUT2D eigenvalue weighted by molar-refractivity contribution is 5.98. The second-order valence-corrected chi connectivity index (χ2v) is 2.87. The molecule has 0 amide bonds. The average molecular weight is 196 g/mol. The lowest BCUT2D eigenvalue weighted by Gasteiger charge is -2.03. The summed E-state index contributed by atoms with van der Waals surface area (Å²) in [6.07, 6.45) is 0. The maximum Gasteiger partial charge on any atom is 0.335 e. The molecule has 0 aromatic heterocycles. The molecule has 1 rings (SSSR count). The molecule has 0 saturated heterocycles. The number of carbonyl (C=O) groups excluding carboxylic acids is 1. The van der Waals surface area contributed by atoms with Crippen molar-refractivity contribution in [3.63, 3.8) is 0 Å². The second kappa shape index (κ2) is 4.00. The number of hydrogen-bond donors (Lipinski definition) is 1. The van der Waals surface area contributed by atoms with E-state index in [0.29, 0.717) is 0 Å². The molecule has 0 bridgehead atoms. The van der Waals surface area contributed by atoms with Crippen LogP contribution in [-0.4, -0.2) is 16.9 Å². The predicted octanol–water partition coefficient (Wildman–Crippen LogP) is 2.06. The Morgan fingerprint density at radius 2 is 2.07 bits per heavy atom. The maximum atomic E-state index is 12.4. The number of carboxylic acids is 1. The highest BCUT2D eigenvalue weighted by Crippen LogP contribution is 2.14. The fourth-order valence-electron chi connectivity index (χ4n) is 1.15. The van der Waals surface area contributed by atoms with Crippen LogP contribution in [0.5, 0.6) is 0 Å². The summed E-state index contributed by atoms with van der Waals surface area (Å²) in [5, 5.41) is 8.65. The largest absolute Gasteiger partial charge is 0.478 e. The fraction of sp³-hybridized carbons (Fsp3) is 0.200. The van der Waals surface area contributed by atoms with E-state index in [1.807, 2.05) is 0 Å². The molecular formula is C10H9FO3. The zero-order chi connectivity index (χ0) is 10.7. The van der Waals surface area contributed by atoms with Crippen molar-refractivity contribution in [2.45, 2.75) is 13.6 Å². The van der Waals surface area contributed by atoms with E-state index in [4.69, 9.17) is 5.11 Å². The monoisotopic (exact) mass is 196 g/mol. The van der Waals surface area contributed by atoms with E-state index in [1.165, 1.54) is 25.1 Å². The third-order valence-electron chi connectivity index (χ3n) is 1.88. The normalized spacial score (nSPS) is 9.86. The number of carboxylic acid groups (broad SMARTS) is 1. The van der Waals surface area contributed by atoms with Crippen LogP contribution in [0, 0.1) is 0 Å². The number of hydrogen-bond acceptors (Lipinski definition) is 2. The molecule has 0 spiro atoms. The van der Waals surface area contributed by atoms with Crippen LogP contribution in [0.2, 0.25) is 0 Å². The smallest absolute Gasteiger partial charge is 0.335 e. The van der Waals surface area contributed by atoms with Crippen LogP contribution in [0.3, 0.4) is 0 Å². The molecule has 0 atom stereocenters. The molecule has 1 aromatic rings. The van der Waals surface area contributed by atoms with E-state index in [0.717, 1.165) is 0 Å². The summed E-state index contributed by atoms with van der Waals surface area (Å²) >= 11 is 0. The van der Waals surface area contributed by atoms with Crippen molar-refractivity contribution in [2.24, 2.45) is 0 Å². The minimum absolute atomic E-state index is 0.00704. The Hall–Kier alpha value is -1.71. The lowest BCUT2D eigenvalue weighted by Crippen LogP contribution is -2.03. The van der Waals surface area contributed by atoms with Crippen LogP contribution < -0.4 is 0 Å². The third kappa shape index (κ3) is 1.96. The van der Waals surface area contributed by atoms with Crippen LogP contribution >= 0.6 is 0 Å². The van der Waals surface area contributed by atoms with Gasteiger partial charge in [-0.3, -0.25) is 4.79 Å². The average Bonchev–Trinajstić information content (AvgIpc) is 2.16. The van der Waals surface area contributed by atoms with E-state index < -0.39 is 12.6 Å². The molecular weight excluding hydrogens is 187 g/mol.